The summed E-state index contributed by atoms with van der Waals surface area (Å²) in [5.41, 5.74) is 4.65. The van der Waals surface area contributed by atoms with Crippen LogP contribution in [0.15, 0.2) is 40.9 Å². The van der Waals surface area contributed by atoms with Crippen LogP contribution in [0.2, 0.25) is 5.02 Å². The Morgan fingerprint density at radius 3 is 2.24 bits per heavy atom. The van der Waals surface area contributed by atoms with E-state index < -0.39 is 0 Å². The number of rotatable bonds is 5. The first-order valence-electron chi connectivity index (χ1n) is 6.23. The second kappa shape index (κ2) is 7.13. The van der Waals surface area contributed by atoms with Crippen LogP contribution < -0.4 is 20.7 Å². The smallest absolute Gasteiger partial charge is 0.122 e. The molecule has 2 rings (SSSR count). The van der Waals surface area contributed by atoms with Crippen molar-refractivity contribution >= 4 is 27.5 Å². The number of ether oxygens (including phenoxy) is 2. The van der Waals surface area contributed by atoms with Gasteiger partial charge in [0.05, 0.1) is 20.3 Å². The standard InChI is InChI=1S/C15H16BrClN2O2/c1-20-11-5-9(6-12(8-11)21-2)15(19-18)13-7-10(17)3-4-14(13)16/h3-8,15,19H,18H2,1-2H3. The van der Waals surface area contributed by atoms with Crippen LogP contribution >= 0.6 is 27.5 Å². The van der Waals surface area contributed by atoms with Crippen LogP contribution in [-0.4, -0.2) is 14.2 Å². The molecule has 0 aliphatic carbocycles. The summed E-state index contributed by atoms with van der Waals surface area (Å²) in [7, 11) is 3.22. The van der Waals surface area contributed by atoms with Crippen molar-refractivity contribution in [1.29, 1.82) is 0 Å². The predicted octanol–water partition coefficient (Wildman–Crippen LogP) is 3.67. The summed E-state index contributed by atoms with van der Waals surface area (Å²) < 4.78 is 11.5. The van der Waals surface area contributed by atoms with Crippen LogP contribution in [0, 0.1) is 0 Å². The van der Waals surface area contributed by atoms with Crippen molar-refractivity contribution in [2.45, 2.75) is 6.04 Å². The van der Waals surface area contributed by atoms with Gasteiger partial charge in [-0.2, -0.15) is 0 Å². The molecule has 0 bridgehead atoms. The van der Waals surface area contributed by atoms with Crippen molar-refractivity contribution in [3.63, 3.8) is 0 Å². The summed E-state index contributed by atoms with van der Waals surface area (Å²) in [5, 5.41) is 0.642. The summed E-state index contributed by atoms with van der Waals surface area (Å²) in [4.78, 5) is 0. The Bertz CT molecular complexity index is 615. The second-order valence-electron chi connectivity index (χ2n) is 4.41. The van der Waals surface area contributed by atoms with Crippen LogP contribution in [0.4, 0.5) is 0 Å². The third-order valence-electron chi connectivity index (χ3n) is 3.14. The maximum absolute atomic E-state index is 6.08. The average Bonchev–Trinajstić information content (AvgIpc) is 2.51. The minimum absolute atomic E-state index is 0.248. The highest BCUT2D eigenvalue weighted by molar-refractivity contribution is 9.10. The van der Waals surface area contributed by atoms with Crippen LogP contribution in [-0.2, 0) is 0 Å². The Labute approximate surface area is 137 Å². The first-order valence-corrected chi connectivity index (χ1v) is 7.40. The van der Waals surface area contributed by atoms with E-state index in [-0.39, 0.29) is 6.04 Å². The molecule has 0 fully saturated rings. The molecule has 2 aromatic rings. The van der Waals surface area contributed by atoms with E-state index in [4.69, 9.17) is 26.9 Å². The minimum atomic E-state index is -0.248. The van der Waals surface area contributed by atoms with Gasteiger partial charge in [-0.25, -0.2) is 5.43 Å². The van der Waals surface area contributed by atoms with Crippen molar-refractivity contribution in [3.05, 3.63) is 57.0 Å². The summed E-state index contributed by atoms with van der Waals surface area (Å²) in [6.45, 7) is 0. The molecule has 0 saturated heterocycles. The molecule has 0 spiro atoms. The molecule has 0 aliphatic heterocycles. The van der Waals surface area contributed by atoms with Gasteiger partial charge in [0.15, 0.2) is 0 Å². The third-order valence-corrected chi connectivity index (χ3v) is 4.10. The minimum Gasteiger partial charge on any atom is -0.497 e. The molecule has 0 aliphatic rings. The highest BCUT2D eigenvalue weighted by Gasteiger charge is 2.18. The molecular weight excluding hydrogens is 356 g/mol. The number of benzene rings is 2. The van der Waals surface area contributed by atoms with Gasteiger partial charge in [-0.05, 0) is 41.5 Å². The van der Waals surface area contributed by atoms with Crippen molar-refractivity contribution in [3.8, 4) is 11.5 Å². The molecule has 0 heterocycles. The first kappa shape index (κ1) is 16.1. The van der Waals surface area contributed by atoms with E-state index in [1.54, 1.807) is 14.2 Å². The molecule has 1 atom stereocenters. The molecule has 0 amide bonds. The molecule has 0 saturated carbocycles. The molecule has 3 N–H and O–H groups in total. The van der Waals surface area contributed by atoms with Gasteiger partial charge in [0.25, 0.3) is 0 Å². The normalized spacial score (nSPS) is 12.0. The van der Waals surface area contributed by atoms with Crippen LogP contribution in [0.3, 0.4) is 0 Å². The second-order valence-corrected chi connectivity index (χ2v) is 5.70. The SMILES string of the molecule is COc1cc(OC)cc(C(NN)c2cc(Cl)ccc2Br)c1. The Morgan fingerprint density at radius 2 is 1.71 bits per heavy atom. The van der Waals surface area contributed by atoms with Gasteiger partial charge in [-0.15, -0.1) is 0 Å². The molecule has 0 radical (unpaired) electrons. The number of hydrazine groups is 1. The molecular formula is C15H16BrClN2O2. The van der Waals surface area contributed by atoms with E-state index in [0.29, 0.717) is 16.5 Å². The Kier molecular flexibility index (Phi) is 5.47. The monoisotopic (exact) mass is 370 g/mol. The maximum atomic E-state index is 6.08. The van der Waals surface area contributed by atoms with E-state index in [0.717, 1.165) is 15.6 Å². The molecule has 0 aromatic heterocycles. The lowest BCUT2D eigenvalue weighted by Crippen LogP contribution is -2.29. The molecule has 1 unspecified atom stereocenters. The largest absolute Gasteiger partial charge is 0.497 e. The van der Waals surface area contributed by atoms with Crippen LogP contribution in [0.5, 0.6) is 11.5 Å². The highest BCUT2D eigenvalue weighted by atomic mass is 79.9. The fourth-order valence-corrected chi connectivity index (χ4v) is 2.75. The number of halogens is 2. The molecule has 21 heavy (non-hydrogen) atoms. The zero-order chi connectivity index (χ0) is 15.4. The maximum Gasteiger partial charge on any atom is 0.122 e. The van der Waals surface area contributed by atoms with Gasteiger partial charge in [-0.1, -0.05) is 27.5 Å². The fraction of sp³-hybridized carbons (Fsp3) is 0.200. The number of hydrogen-bond acceptors (Lipinski definition) is 4. The lowest BCUT2D eigenvalue weighted by molar-refractivity contribution is 0.392. The molecule has 4 nitrogen and oxygen atoms in total. The van der Waals surface area contributed by atoms with E-state index >= 15 is 0 Å². The predicted molar refractivity (Wildman–Crippen MR) is 87.9 cm³/mol. The number of nitrogens with one attached hydrogen (secondary N) is 1. The zero-order valence-corrected chi connectivity index (χ0v) is 14.0. The Morgan fingerprint density at radius 1 is 1.10 bits per heavy atom. The van der Waals surface area contributed by atoms with Gasteiger partial charge in [0.2, 0.25) is 0 Å². The topological polar surface area (TPSA) is 56.5 Å². The van der Waals surface area contributed by atoms with Crippen molar-refractivity contribution in [2.24, 2.45) is 5.84 Å². The van der Waals surface area contributed by atoms with Gasteiger partial charge >= 0.3 is 0 Å². The number of methoxy groups -OCH3 is 2. The van der Waals surface area contributed by atoms with Crippen LogP contribution in [0.25, 0.3) is 0 Å². The fourth-order valence-electron chi connectivity index (χ4n) is 2.10. The average molecular weight is 372 g/mol. The van der Waals surface area contributed by atoms with Crippen LogP contribution in [0.1, 0.15) is 17.2 Å². The van der Waals surface area contributed by atoms with Crippen molar-refractivity contribution in [1.82, 2.24) is 5.43 Å². The van der Waals surface area contributed by atoms with Gasteiger partial charge in [0, 0.05) is 15.6 Å². The summed E-state index contributed by atoms with van der Waals surface area (Å²) in [6.07, 6.45) is 0. The highest BCUT2D eigenvalue weighted by Crippen LogP contribution is 2.34. The Hall–Kier alpha value is -1.27. The number of nitrogens with two attached hydrogens (primary N) is 1. The van der Waals surface area contributed by atoms with Gasteiger partial charge in [-0.3, -0.25) is 5.84 Å². The van der Waals surface area contributed by atoms with Gasteiger partial charge < -0.3 is 9.47 Å². The quantitative estimate of drug-likeness (QED) is 0.622. The van der Waals surface area contributed by atoms with E-state index in [1.165, 1.54) is 0 Å². The molecule has 6 heteroatoms. The lowest BCUT2D eigenvalue weighted by atomic mass is 9.99. The number of hydrogen-bond donors (Lipinski definition) is 2. The Balaban J connectivity index is 2.52. The molecule has 112 valence electrons. The van der Waals surface area contributed by atoms with Crippen molar-refractivity contribution in [2.75, 3.05) is 14.2 Å². The summed E-state index contributed by atoms with van der Waals surface area (Å²) in [6, 6.07) is 10.9. The van der Waals surface area contributed by atoms with E-state index in [9.17, 15) is 0 Å². The zero-order valence-electron chi connectivity index (χ0n) is 11.7. The lowest BCUT2D eigenvalue weighted by Gasteiger charge is -2.20. The van der Waals surface area contributed by atoms with Gasteiger partial charge in [0.1, 0.15) is 11.5 Å². The third kappa shape index (κ3) is 3.68. The van der Waals surface area contributed by atoms with Crippen molar-refractivity contribution < 1.29 is 9.47 Å². The molecule has 2 aromatic carbocycles. The summed E-state index contributed by atoms with van der Waals surface area (Å²) in [5.74, 6) is 7.14. The van der Waals surface area contributed by atoms with E-state index in [1.807, 2.05) is 36.4 Å². The van der Waals surface area contributed by atoms with E-state index in [2.05, 4.69) is 21.4 Å². The first-order chi connectivity index (χ1) is 10.1. The summed E-state index contributed by atoms with van der Waals surface area (Å²) >= 11 is 9.61.